The lowest BCUT2D eigenvalue weighted by Gasteiger charge is -2.38. The first kappa shape index (κ1) is 30.4. The molecule has 0 spiro atoms. The molecular formula is C27H22ClF8N3O2. The number of pyridine rings is 1. The highest BCUT2D eigenvalue weighted by molar-refractivity contribution is 6.30. The minimum atomic E-state index is -5.00. The molecule has 0 aliphatic carbocycles. The molecule has 1 fully saturated rings. The van der Waals surface area contributed by atoms with E-state index >= 15 is 0 Å². The van der Waals surface area contributed by atoms with Crippen LogP contribution in [0.15, 0.2) is 66.9 Å². The van der Waals surface area contributed by atoms with Crippen molar-refractivity contribution in [3.8, 4) is 5.75 Å². The van der Waals surface area contributed by atoms with Gasteiger partial charge in [-0.05, 0) is 48.2 Å². The van der Waals surface area contributed by atoms with Gasteiger partial charge in [0.25, 0.3) is 0 Å². The summed E-state index contributed by atoms with van der Waals surface area (Å²) in [5, 5.41) is 2.68. The van der Waals surface area contributed by atoms with Gasteiger partial charge in [0.2, 0.25) is 0 Å². The maximum atomic E-state index is 14.9. The van der Waals surface area contributed by atoms with Crippen molar-refractivity contribution >= 4 is 17.6 Å². The molecule has 5 nitrogen and oxygen atoms in total. The number of likely N-dealkylation sites (tertiary alicyclic amines) is 1. The van der Waals surface area contributed by atoms with Gasteiger partial charge >= 0.3 is 24.7 Å². The maximum Gasteiger partial charge on any atom is 0.461 e. The molecule has 0 radical (unpaired) electrons. The van der Waals surface area contributed by atoms with E-state index in [9.17, 15) is 39.9 Å². The van der Waals surface area contributed by atoms with Gasteiger partial charge in [0.15, 0.2) is 0 Å². The van der Waals surface area contributed by atoms with E-state index in [4.69, 9.17) is 11.6 Å². The minimum absolute atomic E-state index is 0.0565. The van der Waals surface area contributed by atoms with Crippen molar-refractivity contribution in [3.05, 3.63) is 94.5 Å². The number of carbonyl (C=O) groups excluding carboxylic acids is 1. The van der Waals surface area contributed by atoms with Crippen LogP contribution >= 0.6 is 11.6 Å². The summed E-state index contributed by atoms with van der Waals surface area (Å²) < 4.78 is 113. The van der Waals surface area contributed by atoms with Crippen LogP contribution < -0.4 is 10.1 Å². The Morgan fingerprint density at radius 1 is 1.07 bits per heavy atom. The van der Waals surface area contributed by atoms with Gasteiger partial charge < -0.3 is 15.0 Å². The number of amides is 2. The van der Waals surface area contributed by atoms with Crippen LogP contribution in [0.5, 0.6) is 5.75 Å². The van der Waals surface area contributed by atoms with Gasteiger partial charge in [-0.1, -0.05) is 41.9 Å². The van der Waals surface area contributed by atoms with Gasteiger partial charge in [0, 0.05) is 25.2 Å². The van der Waals surface area contributed by atoms with E-state index in [1.165, 1.54) is 18.3 Å². The van der Waals surface area contributed by atoms with E-state index in [1.54, 1.807) is 30.3 Å². The summed E-state index contributed by atoms with van der Waals surface area (Å²) in [5.41, 5.74) is -1.91. The van der Waals surface area contributed by atoms with Crippen LogP contribution in [0.25, 0.3) is 0 Å². The van der Waals surface area contributed by atoms with Crippen LogP contribution in [0.2, 0.25) is 5.02 Å². The first-order valence-electron chi connectivity index (χ1n) is 12.2. The fourth-order valence-corrected chi connectivity index (χ4v) is 4.84. The van der Waals surface area contributed by atoms with E-state index in [1.807, 2.05) is 0 Å². The number of nitrogens with one attached hydrogen (secondary N) is 1. The SMILES string of the molecule is O=C(N[C@@](Cc1ccccc1)(c1cc(F)cc(OC(F)(F)C(F)F)c1)c1ccc(Cl)cn1)N1CCCC1C(F)(F)F. The van der Waals surface area contributed by atoms with Crippen LogP contribution in [0.1, 0.15) is 29.7 Å². The molecule has 2 atom stereocenters. The molecule has 1 N–H and O–H groups in total. The van der Waals surface area contributed by atoms with Gasteiger partial charge in [-0.25, -0.2) is 9.18 Å². The fraction of sp³-hybridized carbons (Fsp3) is 0.333. The molecule has 220 valence electrons. The predicted molar refractivity (Wildman–Crippen MR) is 132 cm³/mol. The second kappa shape index (κ2) is 11.7. The topological polar surface area (TPSA) is 54.5 Å². The van der Waals surface area contributed by atoms with Gasteiger partial charge in [-0.3, -0.25) is 4.98 Å². The Bertz CT molecular complexity index is 1360. The second-order valence-corrected chi connectivity index (χ2v) is 9.83. The van der Waals surface area contributed by atoms with Crippen molar-refractivity contribution in [2.45, 2.75) is 49.6 Å². The zero-order valence-electron chi connectivity index (χ0n) is 20.9. The van der Waals surface area contributed by atoms with Gasteiger partial charge in [0.05, 0.1) is 10.7 Å². The molecule has 0 bridgehead atoms. The minimum Gasteiger partial charge on any atom is -0.428 e. The zero-order chi connectivity index (χ0) is 30.0. The first-order chi connectivity index (χ1) is 19.2. The van der Waals surface area contributed by atoms with Crippen LogP contribution in [0, 0.1) is 5.82 Å². The summed E-state index contributed by atoms with van der Waals surface area (Å²) in [7, 11) is 0. The Labute approximate surface area is 234 Å². The Kier molecular flexibility index (Phi) is 8.67. The Morgan fingerprint density at radius 2 is 1.78 bits per heavy atom. The Hall–Kier alpha value is -3.61. The number of rotatable bonds is 8. The number of alkyl halides is 7. The zero-order valence-corrected chi connectivity index (χ0v) is 21.7. The van der Waals surface area contributed by atoms with Crippen molar-refractivity contribution in [2.24, 2.45) is 0 Å². The molecular weight excluding hydrogens is 586 g/mol. The molecule has 2 amide bonds. The summed E-state index contributed by atoms with van der Waals surface area (Å²) in [5.74, 6) is -2.22. The number of hydrogen-bond donors (Lipinski definition) is 1. The van der Waals surface area contributed by atoms with E-state index in [-0.39, 0.29) is 42.1 Å². The van der Waals surface area contributed by atoms with Crippen molar-refractivity contribution in [2.75, 3.05) is 6.54 Å². The molecule has 0 saturated carbocycles. The van der Waals surface area contributed by atoms with E-state index < -0.39 is 47.9 Å². The summed E-state index contributed by atoms with van der Waals surface area (Å²) in [6.45, 7) is -0.246. The largest absolute Gasteiger partial charge is 0.461 e. The highest BCUT2D eigenvalue weighted by atomic mass is 35.5. The molecule has 41 heavy (non-hydrogen) atoms. The predicted octanol–water partition coefficient (Wildman–Crippen LogP) is 7.33. The lowest BCUT2D eigenvalue weighted by atomic mass is 9.80. The molecule has 1 aliphatic heterocycles. The maximum absolute atomic E-state index is 14.9. The van der Waals surface area contributed by atoms with Crippen molar-refractivity contribution in [1.29, 1.82) is 0 Å². The van der Waals surface area contributed by atoms with Gasteiger partial charge in [0.1, 0.15) is 23.1 Å². The van der Waals surface area contributed by atoms with Crippen molar-refractivity contribution < 1.29 is 44.7 Å². The molecule has 1 unspecified atom stereocenters. The van der Waals surface area contributed by atoms with Crippen LogP contribution in [-0.2, 0) is 12.0 Å². The second-order valence-electron chi connectivity index (χ2n) is 9.39. The highest BCUT2D eigenvalue weighted by Gasteiger charge is 2.50. The summed E-state index contributed by atoms with van der Waals surface area (Å²) >= 11 is 5.98. The summed E-state index contributed by atoms with van der Waals surface area (Å²) in [4.78, 5) is 18.3. The number of ether oxygens (including phenoxy) is 1. The summed E-state index contributed by atoms with van der Waals surface area (Å²) in [6.07, 6.45) is -13.4. The molecule has 2 heterocycles. The number of hydrogen-bond acceptors (Lipinski definition) is 3. The van der Waals surface area contributed by atoms with Crippen molar-refractivity contribution in [1.82, 2.24) is 15.2 Å². The number of urea groups is 1. The molecule has 4 rings (SSSR count). The first-order valence-corrected chi connectivity index (χ1v) is 12.6. The van der Waals surface area contributed by atoms with E-state index in [0.717, 1.165) is 12.1 Å². The third-order valence-electron chi connectivity index (χ3n) is 6.56. The smallest absolute Gasteiger partial charge is 0.428 e. The molecule has 1 aliphatic rings. The quantitative estimate of drug-likeness (QED) is 0.273. The van der Waals surface area contributed by atoms with Crippen molar-refractivity contribution in [3.63, 3.8) is 0 Å². The third-order valence-corrected chi connectivity index (χ3v) is 6.78. The number of benzene rings is 2. The molecule has 1 saturated heterocycles. The lowest BCUT2D eigenvalue weighted by Crippen LogP contribution is -2.56. The highest BCUT2D eigenvalue weighted by Crippen LogP contribution is 2.39. The average molecular weight is 608 g/mol. The van der Waals surface area contributed by atoms with Crippen LogP contribution in [0.4, 0.5) is 39.9 Å². The summed E-state index contributed by atoms with van der Waals surface area (Å²) in [6, 6.07) is 9.55. The van der Waals surface area contributed by atoms with E-state index in [0.29, 0.717) is 16.5 Å². The number of halogens is 9. The number of carbonyl (C=O) groups is 1. The lowest BCUT2D eigenvalue weighted by molar-refractivity contribution is -0.253. The fourth-order valence-electron chi connectivity index (χ4n) is 4.73. The number of nitrogens with zero attached hydrogens (tertiary/aromatic N) is 2. The molecule has 3 aromatic rings. The normalized spacial score (nSPS) is 17.4. The molecule has 14 heteroatoms. The van der Waals surface area contributed by atoms with Crippen LogP contribution in [-0.4, -0.2) is 47.2 Å². The monoisotopic (exact) mass is 607 g/mol. The molecule has 2 aromatic carbocycles. The van der Waals surface area contributed by atoms with Crippen LogP contribution in [0.3, 0.4) is 0 Å². The Balaban J connectivity index is 1.91. The van der Waals surface area contributed by atoms with Gasteiger partial charge in [-0.2, -0.15) is 30.7 Å². The number of aromatic nitrogens is 1. The van der Waals surface area contributed by atoms with Gasteiger partial charge in [-0.15, -0.1) is 0 Å². The molecule has 1 aromatic heterocycles. The third kappa shape index (κ3) is 6.83. The Morgan fingerprint density at radius 3 is 2.39 bits per heavy atom. The van der Waals surface area contributed by atoms with E-state index in [2.05, 4.69) is 15.0 Å². The average Bonchev–Trinajstić information content (AvgIpc) is 3.40. The standard InChI is InChI=1S/C27H22ClF8N3O2/c28-18-8-9-21(37-15-18)25(14-16-5-2-1-3-6-16,38-24(40)39-10-4-7-22(39)26(32,33)34)17-11-19(29)13-20(12-17)41-27(35,36)23(30)31/h1-3,5-6,8-9,11-13,15,22-23H,4,7,10,14H2,(H,38,40)/t22?,25-/m0/s1.